The van der Waals surface area contributed by atoms with E-state index in [4.69, 9.17) is 6.85 Å². The highest BCUT2D eigenvalue weighted by atomic mass is 28.3. The Kier molecular flexibility index (Phi) is 9.84. The molecule has 0 aliphatic heterocycles. The zero-order chi connectivity index (χ0) is 54.8. The van der Waals surface area contributed by atoms with Gasteiger partial charge in [0.25, 0.3) is 0 Å². The summed E-state index contributed by atoms with van der Waals surface area (Å²) in [6.07, 6.45) is 0. The van der Waals surface area contributed by atoms with Crippen LogP contribution in [-0.4, -0.2) is 17.2 Å². The van der Waals surface area contributed by atoms with Gasteiger partial charge in [-0.1, -0.05) is 261 Å². The Morgan fingerprint density at radius 1 is 0.276 bits per heavy atom. The molecule has 0 bridgehead atoms. The van der Waals surface area contributed by atoms with Crippen molar-refractivity contribution in [3.63, 3.8) is 0 Å². The summed E-state index contributed by atoms with van der Waals surface area (Å²) in [7, 11) is -3.32. The smallest absolute Gasteiger partial charge is 0.179 e. The molecule has 76 heavy (non-hydrogen) atoms. The molecule has 0 fully saturated rings. The van der Waals surface area contributed by atoms with Gasteiger partial charge in [-0.3, -0.25) is 0 Å². The second-order valence-corrected chi connectivity index (χ2v) is 23.4. The van der Waals surface area contributed by atoms with E-state index in [1.807, 2.05) is 12.1 Å². The standard InChI is InChI=1S/C73H52N2Si/c1-8-25-53(26-9-1)54-27-24-40-63(49-54)76(61-36-18-6-19-37-61,62-38-20-7-21-39-62)64-45-46-66-65-41-22-23-42-69(65)75(72(66)52-64)60-44-48-71-68(51-60)67-50-58(43-47-70(67)74(71)59-34-16-5-17-35-59)73(55-28-10-2-11-29-55,56-30-12-3-13-31-56)57-32-14-4-15-33-57/h1-52H/i1D,8D,9D,25D,26D. The molecule has 12 aromatic carbocycles. The number of rotatable bonds is 11. The van der Waals surface area contributed by atoms with E-state index in [2.05, 4.69) is 282 Å². The topological polar surface area (TPSA) is 9.86 Å². The fraction of sp³-hybridized carbons (Fsp3) is 0.0137. The van der Waals surface area contributed by atoms with Crippen LogP contribution in [-0.2, 0) is 5.41 Å². The maximum Gasteiger partial charge on any atom is 0.179 e. The van der Waals surface area contributed by atoms with Crippen LogP contribution < -0.4 is 20.7 Å². The monoisotopic (exact) mass is 989 g/mol. The van der Waals surface area contributed by atoms with E-state index < -0.39 is 19.5 Å². The highest BCUT2D eigenvalue weighted by Crippen LogP contribution is 2.47. The van der Waals surface area contributed by atoms with E-state index in [1.54, 1.807) is 0 Å². The second-order valence-electron chi connectivity index (χ2n) is 19.6. The Morgan fingerprint density at radius 2 is 0.750 bits per heavy atom. The Bertz CT molecular complexity index is 4520. The predicted molar refractivity (Wildman–Crippen MR) is 322 cm³/mol. The first-order chi connectivity index (χ1) is 39.8. The molecule has 2 nitrogen and oxygen atoms in total. The summed E-state index contributed by atoms with van der Waals surface area (Å²) in [4.78, 5) is 0. The molecule has 0 amide bonds. The highest BCUT2D eigenvalue weighted by Gasteiger charge is 2.42. The van der Waals surface area contributed by atoms with Gasteiger partial charge in [0.2, 0.25) is 0 Å². The van der Waals surface area contributed by atoms with Gasteiger partial charge in [-0.05, 0) is 109 Å². The first kappa shape index (κ1) is 39.9. The zero-order valence-electron chi connectivity index (χ0n) is 46.5. The molecule has 0 radical (unpaired) electrons. The van der Waals surface area contributed by atoms with Gasteiger partial charge >= 0.3 is 0 Å². The number of fused-ring (bicyclic) bond motifs is 6. The molecule has 14 rings (SSSR count). The van der Waals surface area contributed by atoms with Crippen LogP contribution in [0.2, 0.25) is 0 Å². The molecule has 2 aromatic heterocycles. The maximum absolute atomic E-state index is 9.06. The van der Waals surface area contributed by atoms with Crippen molar-refractivity contribution in [1.29, 1.82) is 0 Å². The predicted octanol–water partition coefficient (Wildman–Crippen LogP) is 15.3. The van der Waals surface area contributed by atoms with E-state index >= 15 is 0 Å². The van der Waals surface area contributed by atoms with Crippen LogP contribution in [0.3, 0.4) is 0 Å². The van der Waals surface area contributed by atoms with Crippen molar-refractivity contribution in [2.75, 3.05) is 0 Å². The lowest BCUT2D eigenvalue weighted by atomic mass is 9.65. The molecule has 0 spiro atoms. The van der Waals surface area contributed by atoms with Gasteiger partial charge in [0, 0.05) is 32.9 Å². The molecule has 358 valence electrons. The highest BCUT2D eigenvalue weighted by molar-refractivity contribution is 7.20. The first-order valence-corrected chi connectivity index (χ1v) is 27.9. The number of benzene rings is 12. The summed E-state index contributed by atoms with van der Waals surface area (Å²) in [6, 6.07) is 101. The summed E-state index contributed by atoms with van der Waals surface area (Å²) >= 11 is 0. The molecule has 3 heteroatoms. The molecule has 0 saturated heterocycles. The SMILES string of the molecule is [2H]c1c([2H])c([2H])c(-c2cccc([Si](c3ccccc3)(c3ccccc3)c3ccc4c5ccccc5n(-c5ccc6c(c5)c5cc(C(c7ccccc7)(c7ccccc7)c7ccccc7)ccc5n6-c5ccccc5)c4c3)c2)c([2H])c1[2H]. The molecular weight excluding hydrogens is 933 g/mol. The molecular formula is C73H52N2Si. The van der Waals surface area contributed by atoms with Crippen LogP contribution in [0.5, 0.6) is 0 Å². The Labute approximate surface area is 451 Å². The minimum absolute atomic E-state index is 0.185. The third kappa shape index (κ3) is 7.16. The molecule has 0 aliphatic carbocycles. The minimum Gasteiger partial charge on any atom is -0.309 e. The molecule has 0 atom stereocenters. The number of aromatic nitrogens is 2. The molecule has 0 N–H and O–H groups in total. The van der Waals surface area contributed by atoms with Crippen molar-refractivity contribution in [2.24, 2.45) is 0 Å². The quantitative estimate of drug-likeness (QED) is 0.0903. The average Bonchev–Trinajstić information content (AvgIpc) is 4.08. The lowest BCUT2D eigenvalue weighted by Gasteiger charge is -2.37. The van der Waals surface area contributed by atoms with E-state index in [9.17, 15) is 0 Å². The van der Waals surface area contributed by atoms with Gasteiger partial charge < -0.3 is 9.13 Å². The number of hydrogen-bond donors (Lipinski definition) is 0. The third-order valence-corrected chi connectivity index (χ3v) is 20.4. The fourth-order valence-electron chi connectivity index (χ4n) is 12.5. The Balaban J connectivity index is 1.05. The van der Waals surface area contributed by atoms with Crippen molar-refractivity contribution in [1.82, 2.24) is 9.13 Å². The number of nitrogens with zero attached hydrogens (tertiary/aromatic N) is 2. The van der Waals surface area contributed by atoms with E-state index in [0.29, 0.717) is 5.56 Å². The van der Waals surface area contributed by atoms with Gasteiger partial charge in [-0.2, -0.15) is 0 Å². The molecule has 2 heterocycles. The van der Waals surface area contributed by atoms with E-state index in [-0.39, 0.29) is 29.7 Å². The summed E-state index contributed by atoms with van der Waals surface area (Å²) < 4.78 is 48.6. The first-order valence-electron chi connectivity index (χ1n) is 28.4. The van der Waals surface area contributed by atoms with Crippen molar-refractivity contribution >= 4 is 72.4 Å². The van der Waals surface area contributed by atoms with Crippen LogP contribution in [0.4, 0.5) is 0 Å². The molecule has 14 aromatic rings. The lowest BCUT2D eigenvalue weighted by Crippen LogP contribution is -2.74. The molecule has 0 aliphatic rings. The number of hydrogen-bond acceptors (Lipinski definition) is 0. The summed E-state index contributed by atoms with van der Waals surface area (Å²) in [6.45, 7) is 0. The second kappa shape index (κ2) is 18.7. The number of para-hydroxylation sites is 2. The fourth-order valence-corrected chi connectivity index (χ4v) is 17.3. The molecule has 0 saturated carbocycles. The van der Waals surface area contributed by atoms with Crippen molar-refractivity contribution < 1.29 is 6.85 Å². The van der Waals surface area contributed by atoms with Crippen LogP contribution in [0.25, 0.3) is 66.1 Å². The summed E-state index contributed by atoms with van der Waals surface area (Å²) in [5.41, 5.74) is 11.3. The Morgan fingerprint density at radius 3 is 1.37 bits per heavy atom. The minimum atomic E-state index is -3.32. The van der Waals surface area contributed by atoms with Gasteiger partial charge in [-0.15, -0.1) is 0 Å². The van der Waals surface area contributed by atoms with Gasteiger partial charge in [-0.25, -0.2) is 0 Å². The summed E-state index contributed by atoms with van der Waals surface area (Å²) in [5, 5.41) is 9.00. The van der Waals surface area contributed by atoms with Gasteiger partial charge in [0.05, 0.1) is 34.3 Å². The van der Waals surface area contributed by atoms with Gasteiger partial charge in [0.1, 0.15) is 0 Å². The van der Waals surface area contributed by atoms with Crippen molar-refractivity contribution in [3.05, 3.63) is 338 Å². The summed E-state index contributed by atoms with van der Waals surface area (Å²) in [5.74, 6) is 0. The van der Waals surface area contributed by atoms with Crippen LogP contribution >= 0.6 is 0 Å². The van der Waals surface area contributed by atoms with Crippen LogP contribution in [0, 0.1) is 0 Å². The Hall–Kier alpha value is -9.54. The average molecular weight is 990 g/mol. The van der Waals surface area contributed by atoms with E-state index in [0.717, 1.165) is 81.3 Å². The normalized spacial score (nSPS) is 12.9. The lowest BCUT2D eigenvalue weighted by molar-refractivity contribution is 0.746. The largest absolute Gasteiger partial charge is 0.309 e. The maximum atomic E-state index is 9.06. The van der Waals surface area contributed by atoms with Crippen molar-refractivity contribution in [3.8, 4) is 22.5 Å². The zero-order valence-corrected chi connectivity index (χ0v) is 42.5. The van der Waals surface area contributed by atoms with E-state index in [1.165, 1.54) is 16.7 Å². The van der Waals surface area contributed by atoms with Crippen LogP contribution in [0.1, 0.15) is 29.1 Å². The van der Waals surface area contributed by atoms with Gasteiger partial charge in [0.15, 0.2) is 8.07 Å². The van der Waals surface area contributed by atoms with Crippen molar-refractivity contribution in [2.45, 2.75) is 5.41 Å². The molecule has 0 unspecified atom stereocenters. The third-order valence-electron chi connectivity index (χ3n) is 15.7. The van der Waals surface area contributed by atoms with Crippen LogP contribution in [0.15, 0.2) is 315 Å².